The van der Waals surface area contributed by atoms with E-state index in [9.17, 15) is 0 Å². The van der Waals surface area contributed by atoms with E-state index < -0.39 is 0 Å². The summed E-state index contributed by atoms with van der Waals surface area (Å²) in [6.07, 6.45) is 0.959. The zero-order valence-corrected chi connectivity index (χ0v) is 14.2. The van der Waals surface area contributed by atoms with Crippen molar-refractivity contribution in [1.29, 1.82) is 0 Å². The van der Waals surface area contributed by atoms with E-state index in [-0.39, 0.29) is 0 Å². The number of nitrogen functional groups attached to an aromatic ring is 1. The summed E-state index contributed by atoms with van der Waals surface area (Å²) in [6.45, 7) is 8.98. The lowest BCUT2D eigenvalue weighted by molar-refractivity contribution is 0.630. The molecule has 0 saturated carbocycles. The van der Waals surface area contributed by atoms with Gasteiger partial charge in [0, 0.05) is 28.0 Å². The predicted molar refractivity (Wildman–Crippen MR) is 90.1 cm³/mol. The van der Waals surface area contributed by atoms with Crippen molar-refractivity contribution in [2.45, 2.75) is 49.9 Å². The first-order valence-electron chi connectivity index (χ1n) is 7.11. The lowest BCUT2D eigenvalue weighted by Crippen LogP contribution is -2.23. The molecule has 0 aliphatic carbocycles. The molecule has 1 aromatic heterocycles. The quantitative estimate of drug-likeness (QED) is 0.657. The second-order valence-electron chi connectivity index (χ2n) is 5.71. The van der Waals surface area contributed by atoms with Crippen LogP contribution < -0.4 is 11.3 Å². The fraction of sp³-hybridized carbons (Fsp3) is 0.714. The molecule has 3 unspecified atom stereocenters. The van der Waals surface area contributed by atoms with Crippen molar-refractivity contribution in [3.05, 3.63) is 17.6 Å². The van der Waals surface area contributed by atoms with Crippen LogP contribution in [0.2, 0.25) is 0 Å². The molecule has 0 aromatic carbocycles. The van der Waals surface area contributed by atoms with Gasteiger partial charge in [0.15, 0.2) is 0 Å². The Kier molecular flexibility index (Phi) is 5.57. The third-order valence-corrected chi connectivity index (χ3v) is 6.79. The predicted octanol–water partition coefficient (Wildman–Crippen LogP) is 3.26. The summed E-state index contributed by atoms with van der Waals surface area (Å²) in [4.78, 5) is 9.32. The van der Waals surface area contributed by atoms with Gasteiger partial charge < -0.3 is 5.43 Å². The van der Waals surface area contributed by atoms with Crippen LogP contribution in [0.5, 0.6) is 0 Å². The van der Waals surface area contributed by atoms with Gasteiger partial charge in [-0.15, -0.1) is 11.8 Å². The van der Waals surface area contributed by atoms with E-state index in [2.05, 4.69) is 38.1 Å². The first-order chi connectivity index (χ1) is 9.49. The molecule has 1 aliphatic heterocycles. The van der Waals surface area contributed by atoms with Crippen molar-refractivity contribution < 1.29 is 0 Å². The normalized spacial score (nSPS) is 26.8. The Morgan fingerprint density at radius 3 is 2.70 bits per heavy atom. The maximum atomic E-state index is 5.55. The molecule has 1 saturated heterocycles. The zero-order valence-electron chi connectivity index (χ0n) is 12.6. The van der Waals surface area contributed by atoms with E-state index in [4.69, 9.17) is 10.8 Å². The molecule has 2 rings (SSSR count). The molecule has 0 radical (unpaired) electrons. The van der Waals surface area contributed by atoms with Crippen LogP contribution >= 0.6 is 23.5 Å². The summed E-state index contributed by atoms with van der Waals surface area (Å²) < 4.78 is 0. The molecule has 1 aliphatic rings. The molecular formula is C14H24N4S2. The Balaban J connectivity index is 2.21. The summed E-state index contributed by atoms with van der Waals surface area (Å²) in [7, 11) is 0. The van der Waals surface area contributed by atoms with E-state index in [0.29, 0.717) is 21.7 Å². The van der Waals surface area contributed by atoms with Crippen molar-refractivity contribution >= 4 is 29.3 Å². The Labute approximate surface area is 130 Å². The van der Waals surface area contributed by atoms with E-state index in [0.717, 1.165) is 29.5 Å². The lowest BCUT2D eigenvalue weighted by Gasteiger charge is -2.30. The van der Waals surface area contributed by atoms with Gasteiger partial charge in [-0.2, -0.15) is 11.8 Å². The number of aromatic nitrogens is 2. The standard InChI is InChI=1S/C14H24N4S2/c1-8(2)5-11-6-13(18-15)17-14(16-11)12-7-19-9(3)10(4)20-12/h6,8-10,12H,5,7,15H2,1-4H3,(H,16,17,18). The largest absolute Gasteiger partial charge is 0.308 e. The third-order valence-electron chi connectivity index (χ3n) is 3.40. The highest BCUT2D eigenvalue weighted by Gasteiger charge is 2.28. The van der Waals surface area contributed by atoms with E-state index >= 15 is 0 Å². The van der Waals surface area contributed by atoms with Crippen molar-refractivity contribution in [3.63, 3.8) is 0 Å². The lowest BCUT2D eigenvalue weighted by atomic mass is 10.1. The van der Waals surface area contributed by atoms with Gasteiger partial charge in [0.2, 0.25) is 0 Å². The van der Waals surface area contributed by atoms with Crippen molar-refractivity contribution in [3.8, 4) is 0 Å². The van der Waals surface area contributed by atoms with Gasteiger partial charge in [-0.3, -0.25) is 0 Å². The van der Waals surface area contributed by atoms with Gasteiger partial charge in [-0.25, -0.2) is 15.8 Å². The number of nitrogens with zero attached hydrogens (tertiary/aromatic N) is 2. The number of rotatable bonds is 4. The van der Waals surface area contributed by atoms with Crippen LogP contribution in [0.15, 0.2) is 6.07 Å². The Morgan fingerprint density at radius 1 is 1.35 bits per heavy atom. The smallest absolute Gasteiger partial charge is 0.144 e. The van der Waals surface area contributed by atoms with Crippen LogP contribution in [0.3, 0.4) is 0 Å². The van der Waals surface area contributed by atoms with Gasteiger partial charge in [-0.1, -0.05) is 27.7 Å². The van der Waals surface area contributed by atoms with Gasteiger partial charge >= 0.3 is 0 Å². The molecule has 20 heavy (non-hydrogen) atoms. The summed E-state index contributed by atoms with van der Waals surface area (Å²) in [5, 5.41) is 1.69. The number of hydrazine groups is 1. The van der Waals surface area contributed by atoms with Crippen LogP contribution in [0, 0.1) is 5.92 Å². The Morgan fingerprint density at radius 2 is 2.10 bits per heavy atom. The fourth-order valence-corrected chi connectivity index (χ4v) is 5.02. The van der Waals surface area contributed by atoms with Crippen molar-refractivity contribution in [1.82, 2.24) is 9.97 Å². The molecule has 3 N–H and O–H groups in total. The highest BCUT2D eigenvalue weighted by Crippen LogP contribution is 2.43. The molecule has 0 amide bonds. The second kappa shape index (κ2) is 7.00. The molecule has 0 bridgehead atoms. The highest BCUT2D eigenvalue weighted by atomic mass is 32.2. The van der Waals surface area contributed by atoms with Crippen molar-refractivity contribution in [2.75, 3.05) is 11.2 Å². The SMILES string of the molecule is CC(C)Cc1cc(NN)nc(C2CSC(C)C(C)S2)n1. The van der Waals surface area contributed by atoms with Crippen LogP contribution in [-0.2, 0) is 6.42 Å². The number of anilines is 1. The Hall–Kier alpha value is -0.460. The molecule has 6 heteroatoms. The number of nitrogens with one attached hydrogen (secondary N) is 1. The van der Waals surface area contributed by atoms with Gasteiger partial charge in [0.1, 0.15) is 11.6 Å². The van der Waals surface area contributed by atoms with Gasteiger partial charge in [0.05, 0.1) is 5.25 Å². The van der Waals surface area contributed by atoms with E-state index in [1.165, 1.54) is 0 Å². The summed E-state index contributed by atoms with van der Waals surface area (Å²) >= 11 is 3.99. The molecular weight excluding hydrogens is 288 g/mol. The van der Waals surface area contributed by atoms with Crippen LogP contribution in [0.25, 0.3) is 0 Å². The molecule has 1 aromatic rings. The number of hydrogen-bond donors (Lipinski definition) is 2. The number of hydrogen-bond acceptors (Lipinski definition) is 6. The van der Waals surface area contributed by atoms with E-state index in [1.54, 1.807) is 0 Å². The molecule has 1 fully saturated rings. The minimum Gasteiger partial charge on any atom is -0.308 e. The van der Waals surface area contributed by atoms with Crippen LogP contribution in [-0.4, -0.2) is 26.2 Å². The molecule has 0 spiro atoms. The third kappa shape index (κ3) is 4.02. The average Bonchev–Trinajstić information content (AvgIpc) is 2.40. The number of nitrogens with two attached hydrogens (primary N) is 1. The van der Waals surface area contributed by atoms with E-state index in [1.807, 2.05) is 29.6 Å². The first-order valence-corrected chi connectivity index (χ1v) is 9.10. The minimum absolute atomic E-state index is 0.366. The zero-order chi connectivity index (χ0) is 14.7. The molecule has 2 heterocycles. The molecule has 112 valence electrons. The number of thioether (sulfide) groups is 2. The fourth-order valence-electron chi connectivity index (χ4n) is 2.18. The average molecular weight is 313 g/mol. The van der Waals surface area contributed by atoms with Gasteiger partial charge in [-0.05, 0) is 12.3 Å². The van der Waals surface area contributed by atoms with Crippen molar-refractivity contribution in [2.24, 2.45) is 11.8 Å². The monoisotopic (exact) mass is 312 g/mol. The molecule has 4 nitrogen and oxygen atoms in total. The van der Waals surface area contributed by atoms with Gasteiger partial charge in [0.25, 0.3) is 0 Å². The first kappa shape index (κ1) is 15.9. The molecule has 3 atom stereocenters. The Bertz CT molecular complexity index is 453. The highest BCUT2D eigenvalue weighted by molar-refractivity contribution is 8.07. The van der Waals surface area contributed by atoms with Crippen LogP contribution in [0.4, 0.5) is 5.82 Å². The summed E-state index contributed by atoms with van der Waals surface area (Å²) in [6, 6.07) is 1.95. The summed E-state index contributed by atoms with van der Waals surface area (Å²) in [5.74, 6) is 8.85. The van der Waals surface area contributed by atoms with Crippen LogP contribution in [0.1, 0.15) is 44.5 Å². The minimum atomic E-state index is 0.366. The second-order valence-corrected chi connectivity index (χ2v) is 8.71. The maximum Gasteiger partial charge on any atom is 0.144 e. The topological polar surface area (TPSA) is 63.8 Å². The maximum absolute atomic E-state index is 5.55. The summed E-state index contributed by atoms with van der Waals surface area (Å²) in [5.41, 5.74) is 3.75.